The number of halogens is 3. The standard InChI is InChI=1S/C20H29F3N6/c1-3-24-19(25-10-6-12-28(2)16-20(21,22)23)26-14-17-8-4-5-9-18(17)15-29-13-7-11-27-29/h4-5,7-9,11,13H,3,6,10,12,14-16H2,1-2H3,(H2,24,25,26). The topological polar surface area (TPSA) is 57.5 Å². The number of guanidine groups is 1. The van der Waals surface area contributed by atoms with E-state index >= 15 is 0 Å². The van der Waals surface area contributed by atoms with E-state index in [1.54, 1.807) is 6.20 Å². The molecule has 1 heterocycles. The van der Waals surface area contributed by atoms with Crippen LogP contribution in [-0.4, -0.2) is 60.0 Å². The number of hydrogen-bond donors (Lipinski definition) is 2. The van der Waals surface area contributed by atoms with Crippen LogP contribution in [0.1, 0.15) is 24.5 Å². The molecular weight excluding hydrogens is 381 g/mol. The second-order valence-corrected chi connectivity index (χ2v) is 6.80. The van der Waals surface area contributed by atoms with Crippen LogP contribution in [0.3, 0.4) is 0 Å². The molecule has 0 amide bonds. The molecular formula is C20H29F3N6. The Morgan fingerprint density at radius 1 is 1.17 bits per heavy atom. The van der Waals surface area contributed by atoms with Gasteiger partial charge in [0.2, 0.25) is 0 Å². The average Bonchev–Trinajstić information content (AvgIpc) is 3.16. The van der Waals surface area contributed by atoms with Crippen LogP contribution in [0.15, 0.2) is 47.7 Å². The summed E-state index contributed by atoms with van der Waals surface area (Å²) in [7, 11) is 1.48. The molecule has 0 aliphatic carbocycles. The number of aromatic nitrogens is 2. The number of aliphatic imine (C=N–C) groups is 1. The molecule has 0 aliphatic rings. The first kappa shape index (κ1) is 22.7. The number of nitrogens with one attached hydrogen (secondary N) is 2. The molecule has 0 radical (unpaired) electrons. The Labute approximate surface area is 169 Å². The third-order valence-electron chi connectivity index (χ3n) is 4.22. The summed E-state index contributed by atoms with van der Waals surface area (Å²) in [6.45, 7) is 3.86. The summed E-state index contributed by atoms with van der Waals surface area (Å²) in [5.41, 5.74) is 2.25. The molecule has 9 heteroatoms. The fourth-order valence-electron chi connectivity index (χ4n) is 2.88. The van der Waals surface area contributed by atoms with Gasteiger partial charge in [0.05, 0.1) is 19.6 Å². The van der Waals surface area contributed by atoms with Gasteiger partial charge in [0, 0.05) is 25.5 Å². The minimum Gasteiger partial charge on any atom is -0.357 e. The highest BCUT2D eigenvalue weighted by Gasteiger charge is 2.28. The molecule has 0 fully saturated rings. The van der Waals surface area contributed by atoms with E-state index in [0.29, 0.717) is 45.1 Å². The normalized spacial score (nSPS) is 12.4. The highest BCUT2D eigenvalue weighted by atomic mass is 19.4. The maximum atomic E-state index is 12.4. The molecule has 0 spiro atoms. The Bertz CT molecular complexity index is 743. The van der Waals surface area contributed by atoms with E-state index in [0.717, 1.165) is 11.1 Å². The first-order chi connectivity index (χ1) is 13.9. The Morgan fingerprint density at radius 2 is 1.93 bits per heavy atom. The summed E-state index contributed by atoms with van der Waals surface area (Å²) in [5, 5.41) is 10.6. The van der Waals surface area contributed by atoms with Crippen LogP contribution in [0.25, 0.3) is 0 Å². The summed E-state index contributed by atoms with van der Waals surface area (Å²) >= 11 is 0. The summed E-state index contributed by atoms with van der Waals surface area (Å²) in [6.07, 6.45) is 0.0938. The van der Waals surface area contributed by atoms with Crippen molar-refractivity contribution in [3.63, 3.8) is 0 Å². The zero-order valence-corrected chi connectivity index (χ0v) is 16.9. The predicted octanol–water partition coefficient (Wildman–Crippen LogP) is 2.87. The smallest absolute Gasteiger partial charge is 0.357 e. The van der Waals surface area contributed by atoms with Gasteiger partial charge in [-0.15, -0.1) is 0 Å². The molecule has 1 aromatic carbocycles. The molecule has 2 N–H and O–H groups in total. The van der Waals surface area contributed by atoms with Gasteiger partial charge in [0.25, 0.3) is 0 Å². The second kappa shape index (κ2) is 11.5. The Hall–Kier alpha value is -2.55. The molecule has 0 aliphatic heterocycles. The Kier molecular flexibility index (Phi) is 8.98. The summed E-state index contributed by atoms with van der Waals surface area (Å²) in [5.74, 6) is 0.653. The van der Waals surface area contributed by atoms with Crippen molar-refractivity contribution in [2.24, 2.45) is 4.99 Å². The predicted molar refractivity (Wildman–Crippen MR) is 109 cm³/mol. The SMILES string of the molecule is CCNC(=NCc1ccccc1Cn1cccn1)NCCCN(C)CC(F)(F)F. The van der Waals surface area contributed by atoms with Crippen LogP contribution < -0.4 is 10.6 Å². The minimum absolute atomic E-state index is 0.360. The molecule has 6 nitrogen and oxygen atoms in total. The van der Waals surface area contributed by atoms with Gasteiger partial charge >= 0.3 is 6.18 Å². The van der Waals surface area contributed by atoms with Gasteiger partial charge in [-0.1, -0.05) is 24.3 Å². The van der Waals surface area contributed by atoms with Gasteiger partial charge in [-0.3, -0.25) is 9.58 Å². The molecule has 160 valence electrons. The van der Waals surface area contributed by atoms with Crippen molar-refractivity contribution in [2.75, 3.05) is 33.2 Å². The fourth-order valence-corrected chi connectivity index (χ4v) is 2.88. The van der Waals surface area contributed by atoms with Gasteiger partial charge in [0.1, 0.15) is 0 Å². The molecule has 0 bridgehead atoms. The van der Waals surface area contributed by atoms with Gasteiger partial charge < -0.3 is 10.6 Å². The Morgan fingerprint density at radius 3 is 2.59 bits per heavy atom. The van der Waals surface area contributed by atoms with Gasteiger partial charge in [-0.2, -0.15) is 18.3 Å². The van der Waals surface area contributed by atoms with E-state index in [9.17, 15) is 13.2 Å². The second-order valence-electron chi connectivity index (χ2n) is 6.80. The van der Waals surface area contributed by atoms with Crippen LogP contribution in [0.4, 0.5) is 13.2 Å². The number of hydrogen-bond acceptors (Lipinski definition) is 3. The monoisotopic (exact) mass is 410 g/mol. The van der Waals surface area contributed by atoms with Crippen LogP contribution in [0, 0.1) is 0 Å². The molecule has 2 aromatic rings. The molecule has 0 unspecified atom stereocenters. The molecule has 0 saturated heterocycles. The average molecular weight is 410 g/mol. The van der Waals surface area contributed by atoms with Gasteiger partial charge in [0.15, 0.2) is 5.96 Å². The lowest BCUT2D eigenvalue weighted by atomic mass is 10.1. The van der Waals surface area contributed by atoms with E-state index in [2.05, 4.69) is 26.8 Å². The number of rotatable bonds is 10. The minimum atomic E-state index is -4.16. The number of benzene rings is 1. The van der Waals surface area contributed by atoms with E-state index < -0.39 is 12.7 Å². The highest BCUT2D eigenvalue weighted by Crippen LogP contribution is 2.15. The number of nitrogens with zero attached hydrogens (tertiary/aromatic N) is 4. The summed E-state index contributed by atoms with van der Waals surface area (Å²) < 4.78 is 39.0. The zero-order valence-electron chi connectivity index (χ0n) is 16.9. The fraction of sp³-hybridized carbons (Fsp3) is 0.500. The zero-order chi connectivity index (χ0) is 21.1. The number of alkyl halides is 3. The Balaban J connectivity index is 1.87. The van der Waals surface area contributed by atoms with E-state index in [1.165, 1.54) is 11.9 Å². The first-order valence-electron chi connectivity index (χ1n) is 9.69. The lowest BCUT2D eigenvalue weighted by Gasteiger charge is -2.19. The molecule has 0 atom stereocenters. The lowest BCUT2D eigenvalue weighted by Crippen LogP contribution is -2.39. The van der Waals surface area contributed by atoms with Crippen molar-refractivity contribution in [3.05, 3.63) is 53.9 Å². The third-order valence-corrected chi connectivity index (χ3v) is 4.22. The van der Waals surface area contributed by atoms with Crippen LogP contribution >= 0.6 is 0 Å². The first-order valence-corrected chi connectivity index (χ1v) is 9.69. The van der Waals surface area contributed by atoms with E-state index in [4.69, 9.17) is 0 Å². The maximum absolute atomic E-state index is 12.4. The van der Waals surface area contributed by atoms with Crippen LogP contribution in [0.2, 0.25) is 0 Å². The van der Waals surface area contributed by atoms with E-state index in [-0.39, 0.29) is 0 Å². The van der Waals surface area contributed by atoms with Crippen LogP contribution in [-0.2, 0) is 13.1 Å². The van der Waals surface area contributed by atoms with Crippen molar-refractivity contribution >= 4 is 5.96 Å². The van der Waals surface area contributed by atoms with Crippen molar-refractivity contribution in [2.45, 2.75) is 32.6 Å². The lowest BCUT2D eigenvalue weighted by molar-refractivity contribution is -0.143. The van der Waals surface area contributed by atoms with E-state index in [1.807, 2.05) is 42.1 Å². The van der Waals surface area contributed by atoms with Crippen molar-refractivity contribution < 1.29 is 13.2 Å². The van der Waals surface area contributed by atoms with Crippen LogP contribution in [0.5, 0.6) is 0 Å². The summed E-state index contributed by atoms with van der Waals surface area (Å²) in [6, 6.07) is 9.96. The maximum Gasteiger partial charge on any atom is 0.401 e. The largest absolute Gasteiger partial charge is 0.401 e. The molecule has 29 heavy (non-hydrogen) atoms. The molecule has 0 saturated carbocycles. The highest BCUT2D eigenvalue weighted by molar-refractivity contribution is 5.79. The summed E-state index contributed by atoms with van der Waals surface area (Å²) in [4.78, 5) is 5.90. The molecule has 2 rings (SSSR count). The van der Waals surface area contributed by atoms with Crippen molar-refractivity contribution in [1.29, 1.82) is 0 Å². The van der Waals surface area contributed by atoms with Crippen molar-refractivity contribution in [3.8, 4) is 0 Å². The molecule has 1 aromatic heterocycles. The van der Waals surface area contributed by atoms with Crippen molar-refractivity contribution in [1.82, 2.24) is 25.3 Å². The van der Waals surface area contributed by atoms with Gasteiger partial charge in [-0.05, 0) is 44.1 Å². The quantitative estimate of drug-likeness (QED) is 0.359. The third kappa shape index (κ3) is 8.99. The van der Waals surface area contributed by atoms with Gasteiger partial charge in [-0.25, -0.2) is 4.99 Å².